The summed E-state index contributed by atoms with van der Waals surface area (Å²) >= 11 is 5.10. The first-order chi connectivity index (χ1) is 22.3. The van der Waals surface area contributed by atoms with Crippen molar-refractivity contribution in [1.82, 2.24) is 9.55 Å². The number of methoxy groups -OCH3 is 2. The molecule has 1 aliphatic heterocycles. The van der Waals surface area contributed by atoms with Gasteiger partial charge in [0.25, 0.3) is 0 Å². The average molecular weight is 676 g/mol. The van der Waals surface area contributed by atoms with Crippen LogP contribution in [0, 0.1) is 0 Å². The van der Waals surface area contributed by atoms with Gasteiger partial charge in [0.05, 0.1) is 32.2 Å². The maximum Gasteiger partial charge on any atom is 0.351 e. The van der Waals surface area contributed by atoms with Gasteiger partial charge in [-0.1, -0.05) is 75.4 Å². The molecule has 4 aromatic rings. The standard InChI is InChI=1S/C36H45N3O6SSi/c1-35(2,3)47(6,7)45-31-32(46)29(44-33(31)39-22-21-30(37)38-34(39)40)23-43-36(24-11-9-8-10-12-24,25-13-17-27(41-4)18-14-25)26-15-19-28(42-5)20-16-26/h8-22,29,31-33,46H,23H2,1-7H3,(H2,37,38,40)/t29-,31-,32-,33-/m1/s1. The van der Waals surface area contributed by atoms with Gasteiger partial charge in [-0.3, -0.25) is 4.57 Å². The first-order valence-corrected chi connectivity index (χ1v) is 19.1. The maximum atomic E-state index is 13.1. The number of rotatable bonds is 11. The molecule has 0 unspecified atom stereocenters. The third kappa shape index (κ3) is 7.00. The minimum Gasteiger partial charge on any atom is -0.497 e. The third-order valence-corrected chi connectivity index (χ3v) is 14.4. The van der Waals surface area contributed by atoms with E-state index >= 15 is 0 Å². The Kier molecular flexibility index (Phi) is 10.2. The molecule has 3 aromatic carbocycles. The van der Waals surface area contributed by atoms with Crippen LogP contribution in [0.25, 0.3) is 0 Å². The molecule has 1 saturated heterocycles. The summed E-state index contributed by atoms with van der Waals surface area (Å²) in [6.07, 6.45) is -0.288. The largest absolute Gasteiger partial charge is 0.497 e. The lowest BCUT2D eigenvalue weighted by Gasteiger charge is -2.40. The molecular formula is C36H45N3O6SSi. The van der Waals surface area contributed by atoms with E-state index in [4.69, 9.17) is 41.7 Å². The van der Waals surface area contributed by atoms with Crippen molar-refractivity contribution < 1.29 is 23.4 Å². The summed E-state index contributed by atoms with van der Waals surface area (Å²) in [7, 11) is 0.952. The van der Waals surface area contributed by atoms with Gasteiger partial charge in [0.15, 0.2) is 14.5 Å². The first-order valence-electron chi connectivity index (χ1n) is 15.7. The van der Waals surface area contributed by atoms with Crippen molar-refractivity contribution in [3.8, 4) is 11.5 Å². The quantitative estimate of drug-likeness (QED) is 0.106. The van der Waals surface area contributed by atoms with E-state index in [1.54, 1.807) is 26.5 Å². The molecule has 0 spiro atoms. The third-order valence-electron chi connectivity index (χ3n) is 9.31. The number of thiol groups is 1. The fraction of sp³-hybridized carbons (Fsp3) is 0.389. The van der Waals surface area contributed by atoms with Crippen molar-refractivity contribution in [3.05, 3.63) is 118 Å². The van der Waals surface area contributed by atoms with Crippen LogP contribution in [-0.2, 0) is 19.5 Å². The Bertz CT molecular complexity index is 1650. The Hall–Kier alpha value is -3.61. The van der Waals surface area contributed by atoms with E-state index in [1.165, 1.54) is 4.57 Å². The lowest BCUT2D eigenvalue weighted by Crippen LogP contribution is -2.48. The van der Waals surface area contributed by atoms with E-state index < -0.39 is 43.3 Å². The summed E-state index contributed by atoms with van der Waals surface area (Å²) in [5.74, 6) is 1.60. The molecule has 2 heterocycles. The highest BCUT2D eigenvalue weighted by Gasteiger charge is 2.51. The molecule has 11 heteroatoms. The second kappa shape index (κ2) is 13.9. The van der Waals surface area contributed by atoms with Crippen molar-refractivity contribution in [3.63, 3.8) is 0 Å². The van der Waals surface area contributed by atoms with Gasteiger partial charge in [-0.25, -0.2) is 4.79 Å². The number of ether oxygens (including phenoxy) is 4. The van der Waals surface area contributed by atoms with Gasteiger partial charge in [-0.05, 0) is 65.2 Å². The van der Waals surface area contributed by atoms with Gasteiger partial charge >= 0.3 is 5.69 Å². The van der Waals surface area contributed by atoms with Gasteiger partial charge in [-0.2, -0.15) is 17.6 Å². The van der Waals surface area contributed by atoms with Gasteiger partial charge in [-0.15, -0.1) is 0 Å². The topological polar surface area (TPSA) is 107 Å². The molecule has 9 nitrogen and oxygen atoms in total. The van der Waals surface area contributed by atoms with Crippen LogP contribution in [0.15, 0.2) is 95.9 Å². The summed E-state index contributed by atoms with van der Waals surface area (Å²) < 4.78 is 33.2. The summed E-state index contributed by atoms with van der Waals surface area (Å²) in [6.45, 7) is 11.0. The van der Waals surface area contributed by atoms with Gasteiger partial charge in [0.1, 0.15) is 29.0 Å². The van der Waals surface area contributed by atoms with Crippen molar-refractivity contribution in [2.45, 2.75) is 68.2 Å². The molecule has 4 atom stereocenters. The zero-order valence-corrected chi connectivity index (χ0v) is 29.9. The van der Waals surface area contributed by atoms with Crippen molar-refractivity contribution >= 4 is 26.8 Å². The molecule has 1 fully saturated rings. The lowest BCUT2D eigenvalue weighted by molar-refractivity contribution is -0.0860. The molecule has 0 bridgehead atoms. The van der Waals surface area contributed by atoms with Crippen LogP contribution in [0.2, 0.25) is 18.1 Å². The molecule has 0 amide bonds. The molecule has 250 valence electrons. The normalized spacial score (nSPS) is 20.3. The highest BCUT2D eigenvalue weighted by Crippen LogP contribution is 2.45. The fourth-order valence-electron chi connectivity index (χ4n) is 5.62. The minimum absolute atomic E-state index is 0.0881. The Morgan fingerprint density at radius 3 is 1.89 bits per heavy atom. The number of hydrogen-bond acceptors (Lipinski definition) is 9. The number of aromatic nitrogens is 2. The van der Waals surface area contributed by atoms with Crippen LogP contribution < -0.4 is 20.9 Å². The Labute approximate surface area is 283 Å². The molecule has 0 saturated carbocycles. The second-order valence-corrected chi connectivity index (χ2v) is 18.6. The molecular weight excluding hydrogens is 631 g/mol. The van der Waals surface area contributed by atoms with E-state index in [2.05, 4.69) is 38.8 Å². The number of hydrogen-bond donors (Lipinski definition) is 2. The summed E-state index contributed by atoms with van der Waals surface area (Å²) in [5, 5.41) is -0.520. The predicted octanol–water partition coefficient (Wildman–Crippen LogP) is 6.44. The van der Waals surface area contributed by atoms with Gasteiger partial charge < -0.3 is 29.1 Å². The molecule has 2 N–H and O–H groups in total. The summed E-state index contributed by atoms with van der Waals surface area (Å²) in [6, 6.07) is 27.4. The average Bonchev–Trinajstić information content (AvgIpc) is 3.35. The van der Waals surface area contributed by atoms with Crippen LogP contribution in [0.5, 0.6) is 11.5 Å². The zero-order chi connectivity index (χ0) is 34.0. The Morgan fingerprint density at radius 1 is 0.872 bits per heavy atom. The molecule has 0 radical (unpaired) electrons. The van der Waals surface area contributed by atoms with Crippen LogP contribution in [0.4, 0.5) is 5.82 Å². The number of benzene rings is 3. The van der Waals surface area contributed by atoms with Crippen LogP contribution >= 0.6 is 12.6 Å². The van der Waals surface area contributed by atoms with Gasteiger partial charge in [0.2, 0.25) is 0 Å². The number of nitrogen functional groups attached to an aromatic ring is 1. The molecule has 1 aromatic heterocycles. The predicted molar refractivity (Wildman–Crippen MR) is 190 cm³/mol. The Morgan fingerprint density at radius 2 is 1.40 bits per heavy atom. The SMILES string of the molecule is COc1ccc(C(OC[C@H]2O[C@@H](n3ccc(N)nc3=O)[C@H](O[Si](C)(C)C(C)(C)C)[C@@H]2S)(c2ccccc2)c2ccc(OC)cc2)cc1. The summed E-state index contributed by atoms with van der Waals surface area (Å²) in [5.41, 5.74) is 6.98. The van der Waals surface area contributed by atoms with E-state index in [0.717, 1.165) is 28.2 Å². The summed E-state index contributed by atoms with van der Waals surface area (Å²) in [4.78, 5) is 17.1. The number of nitrogens with two attached hydrogens (primary N) is 1. The number of anilines is 1. The van der Waals surface area contributed by atoms with Crippen LogP contribution in [-0.4, -0.2) is 56.2 Å². The molecule has 0 aliphatic carbocycles. The first kappa shape index (κ1) is 34.7. The lowest BCUT2D eigenvalue weighted by atomic mass is 9.80. The highest BCUT2D eigenvalue weighted by molar-refractivity contribution is 7.81. The van der Waals surface area contributed by atoms with E-state index in [1.807, 2.05) is 78.9 Å². The minimum atomic E-state index is -2.33. The van der Waals surface area contributed by atoms with E-state index in [-0.39, 0.29) is 17.5 Å². The van der Waals surface area contributed by atoms with Crippen molar-refractivity contribution in [2.24, 2.45) is 0 Å². The van der Waals surface area contributed by atoms with Gasteiger partial charge in [0, 0.05) is 6.20 Å². The molecule has 47 heavy (non-hydrogen) atoms. The van der Waals surface area contributed by atoms with Crippen LogP contribution in [0.1, 0.15) is 43.7 Å². The highest BCUT2D eigenvalue weighted by atomic mass is 32.1. The van der Waals surface area contributed by atoms with Crippen molar-refractivity contribution in [2.75, 3.05) is 26.6 Å². The molecule has 5 rings (SSSR count). The fourth-order valence-corrected chi connectivity index (χ4v) is 7.40. The zero-order valence-electron chi connectivity index (χ0n) is 28.0. The molecule has 1 aliphatic rings. The van der Waals surface area contributed by atoms with E-state index in [9.17, 15) is 4.79 Å². The monoisotopic (exact) mass is 675 g/mol. The second-order valence-electron chi connectivity index (χ2n) is 13.3. The number of nitrogens with zero attached hydrogens (tertiary/aromatic N) is 2. The smallest absolute Gasteiger partial charge is 0.351 e. The maximum absolute atomic E-state index is 13.1. The van der Waals surface area contributed by atoms with Crippen LogP contribution in [0.3, 0.4) is 0 Å². The van der Waals surface area contributed by atoms with Crippen molar-refractivity contribution in [1.29, 1.82) is 0 Å². The van der Waals surface area contributed by atoms with E-state index in [0.29, 0.717) is 0 Å². The Balaban J connectivity index is 1.59.